The molecule has 134 valence electrons. The van der Waals surface area contributed by atoms with E-state index in [0.717, 1.165) is 16.7 Å². The Hall–Kier alpha value is -2.77. The van der Waals surface area contributed by atoms with Gasteiger partial charge in [0.2, 0.25) is 10.0 Å². The normalized spacial score (nSPS) is 12.7. The van der Waals surface area contributed by atoms with Crippen LogP contribution >= 0.6 is 0 Å². The van der Waals surface area contributed by atoms with Crippen LogP contribution in [0.4, 0.5) is 0 Å². The maximum Gasteiger partial charge on any atom is 0.241 e. The van der Waals surface area contributed by atoms with Crippen LogP contribution < -0.4 is 4.72 Å². The molecule has 7 heteroatoms. The summed E-state index contributed by atoms with van der Waals surface area (Å²) in [6.07, 6.45) is 0.536. The Morgan fingerprint density at radius 2 is 1.65 bits per heavy atom. The van der Waals surface area contributed by atoms with E-state index in [1.165, 1.54) is 19.1 Å². The van der Waals surface area contributed by atoms with Gasteiger partial charge in [-0.05, 0) is 26.0 Å². The van der Waals surface area contributed by atoms with Crippen LogP contribution in [0.3, 0.4) is 0 Å². The van der Waals surface area contributed by atoms with E-state index in [1.54, 1.807) is 18.2 Å². The Bertz CT molecular complexity index is 1010. The summed E-state index contributed by atoms with van der Waals surface area (Å²) in [5.74, 6) is 0.637. The minimum atomic E-state index is -3.74. The summed E-state index contributed by atoms with van der Waals surface area (Å²) in [5, 5.41) is 4.05. The van der Waals surface area contributed by atoms with E-state index in [9.17, 15) is 13.2 Å². The smallest absolute Gasteiger partial charge is 0.241 e. The number of sulfonamides is 1. The molecule has 0 amide bonds. The molecule has 1 N–H and O–H groups in total. The van der Waals surface area contributed by atoms with E-state index in [0.29, 0.717) is 17.7 Å². The molecule has 1 heterocycles. The molecule has 0 saturated heterocycles. The Morgan fingerprint density at radius 3 is 2.27 bits per heavy atom. The minimum absolute atomic E-state index is 0.0807. The van der Waals surface area contributed by atoms with E-state index >= 15 is 0 Å². The average molecular weight is 370 g/mol. The van der Waals surface area contributed by atoms with Crippen molar-refractivity contribution in [1.29, 1.82) is 0 Å². The van der Waals surface area contributed by atoms with Crippen molar-refractivity contribution in [2.45, 2.75) is 24.8 Å². The van der Waals surface area contributed by atoms with Gasteiger partial charge < -0.3 is 9.32 Å². The highest BCUT2D eigenvalue weighted by molar-refractivity contribution is 7.89. The highest BCUT2D eigenvalue weighted by Gasteiger charge is 2.17. The summed E-state index contributed by atoms with van der Waals surface area (Å²) in [7, 11) is -3.74. The lowest BCUT2D eigenvalue weighted by molar-refractivity contribution is -0.108. The van der Waals surface area contributed by atoms with Gasteiger partial charge in [0.25, 0.3) is 0 Å². The Kier molecular flexibility index (Phi) is 5.01. The first-order chi connectivity index (χ1) is 12.4. The van der Waals surface area contributed by atoms with Crippen LogP contribution in [0.25, 0.3) is 22.6 Å². The average Bonchev–Trinajstić information content (AvgIpc) is 3.12. The second-order valence-corrected chi connectivity index (χ2v) is 7.73. The third-order valence-electron chi connectivity index (χ3n) is 3.85. The first kappa shape index (κ1) is 18.0. The molecule has 0 bridgehead atoms. The molecular weight excluding hydrogens is 352 g/mol. The third-order valence-corrected chi connectivity index (χ3v) is 5.43. The topological polar surface area (TPSA) is 89.3 Å². The maximum absolute atomic E-state index is 12.2. The fourth-order valence-corrected chi connectivity index (χ4v) is 3.59. The molecule has 0 saturated carbocycles. The number of rotatable bonds is 6. The molecule has 0 unspecified atom stereocenters. The molecule has 1 atom stereocenters. The van der Waals surface area contributed by atoms with Gasteiger partial charge in [-0.25, -0.2) is 13.1 Å². The van der Waals surface area contributed by atoms with E-state index in [1.807, 2.05) is 31.2 Å². The van der Waals surface area contributed by atoms with Crippen molar-refractivity contribution in [3.63, 3.8) is 0 Å². The lowest BCUT2D eigenvalue weighted by Crippen LogP contribution is -2.33. The fourth-order valence-electron chi connectivity index (χ4n) is 2.41. The summed E-state index contributed by atoms with van der Waals surface area (Å²) >= 11 is 0. The van der Waals surface area contributed by atoms with Crippen molar-refractivity contribution in [3.05, 3.63) is 60.2 Å². The number of nitrogens with zero attached hydrogens (tertiary/aromatic N) is 1. The zero-order chi connectivity index (χ0) is 18.7. The molecule has 0 fully saturated rings. The molecule has 26 heavy (non-hydrogen) atoms. The fraction of sp³-hybridized carbons (Fsp3) is 0.158. The van der Waals surface area contributed by atoms with Crippen molar-refractivity contribution in [2.75, 3.05) is 0 Å². The van der Waals surface area contributed by atoms with Gasteiger partial charge in [-0.1, -0.05) is 47.1 Å². The van der Waals surface area contributed by atoms with E-state index in [4.69, 9.17) is 4.52 Å². The first-order valence-corrected chi connectivity index (χ1v) is 9.49. The van der Waals surface area contributed by atoms with Crippen LogP contribution in [-0.4, -0.2) is 25.9 Å². The van der Waals surface area contributed by atoms with Crippen LogP contribution in [0, 0.1) is 6.92 Å². The maximum atomic E-state index is 12.2. The Labute approximate surface area is 151 Å². The lowest BCUT2D eigenvalue weighted by Gasteiger charge is -2.08. The second-order valence-electron chi connectivity index (χ2n) is 6.01. The molecule has 6 nitrogen and oxygen atoms in total. The van der Waals surface area contributed by atoms with Crippen molar-refractivity contribution in [2.24, 2.45) is 0 Å². The number of aldehydes is 1. The zero-order valence-electron chi connectivity index (χ0n) is 14.3. The van der Waals surface area contributed by atoms with Gasteiger partial charge >= 0.3 is 0 Å². The van der Waals surface area contributed by atoms with Crippen molar-refractivity contribution < 1.29 is 17.7 Å². The van der Waals surface area contributed by atoms with E-state index in [2.05, 4.69) is 9.88 Å². The number of aromatic nitrogens is 1. The lowest BCUT2D eigenvalue weighted by atomic mass is 10.1. The first-order valence-electron chi connectivity index (χ1n) is 8.01. The van der Waals surface area contributed by atoms with Crippen molar-refractivity contribution in [3.8, 4) is 22.6 Å². The van der Waals surface area contributed by atoms with E-state index in [-0.39, 0.29) is 4.90 Å². The van der Waals surface area contributed by atoms with Gasteiger partial charge in [-0.15, -0.1) is 0 Å². The predicted octanol–water partition coefficient (Wildman–Crippen LogP) is 3.18. The van der Waals surface area contributed by atoms with E-state index < -0.39 is 16.1 Å². The number of aryl methyl sites for hydroxylation is 1. The summed E-state index contributed by atoms with van der Waals surface area (Å²) in [4.78, 5) is 10.7. The van der Waals surface area contributed by atoms with Gasteiger partial charge in [0, 0.05) is 17.2 Å². The predicted molar refractivity (Wildman–Crippen MR) is 98.0 cm³/mol. The highest BCUT2D eigenvalue weighted by Crippen LogP contribution is 2.27. The van der Waals surface area contributed by atoms with Gasteiger partial charge in [-0.3, -0.25) is 0 Å². The molecule has 0 spiro atoms. The Balaban J connectivity index is 1.83. The Morgan fingerprint density at radius 1 is 1.04 bits per heavy atom. The van der Waals surface area contributed by atoms with Crippen LogP contribution in [-0.2, 0) is 14.8 Å². The van der Waals surface area contributed by atoms with Crippen LogP contribution in [0.2, 0.25) is 0 Å². The number of hydrogen-bond donors (Lipinski definition) is 1. The number of carbonyl (C=O) groups is 1. The molecule has 2 aromatic carbocycles. The minimum Gasteiger partial charge on any atom is -0.356 e. The van der Waals surface area contributed by atoms with Gasteiger partial charge in [-0.2, -0.15) is 0 Å². The highest BCUT2D eigenvalue weighted by atomic mass is 32.2. The van der Waals surface area contributed by atoms with Crippen molar-refractivity contribution >= 4 is 16.3 Å². The number of hydrogen-bond acceptors (Lipinski definition) is 5. The van der Waals surface area contributed by atoms with Crippen molar-refractivity contribution in [1.82, 2.24) is 9.88 Å². The summed E-state index contributed by atoms with van der Waals surface area (Å²) in [5.41, 5.74) is 3.41. The third kappa shape index (κ3) is 3.89. The molecule has 0 aliphatic heterocycles. The second kappa shape index (κ2) is 7.23. The largest absolute Gasteiger partial charge is 0.356 e. The van der Waals surface area contributed by atoms with Crippen LogP contribution in [0.15, 0.2) is 64.0 Å². The molecule has 3 rings (SSSR count). The molecule has 0 aliphatic rings. The SMILES string of the molecule is Cc1ccc(-c2cc(-c3ccc(S(=O)(=O)N[C@H](C)C=O)cc3)no2)cc1. The number of carbonyl (C=O) groups excluding carboxylic acids is 1. The summed E-state index contributed by atoms with van der Waals surface area (Å²) < 4.78 is 32.0. The van der Waals surface area contributed by atoms with Crippen LogP contribution in [0.1, 0.15) is 12.5 Å². The number of benzene rings is 2. The standard InChI is InChI=1S/C19H18N2O4S/c1-13-3-5-16(6-4-13)19-11-18(20-25-19)15-7-9-17(10-8-15)26(23,24)21-14(2)12-22/h3-12,14,21H,1-2H3/t14-/m1/s1. The number of nitrogens with one attached hydrogen (secondary N) is 1. The zero-order valence-corrected chi connectivity index (χ0v) is 15.2. The molecule has 0 aliphatic carbocycles. The van der Waals surface area contributed by atoms with Crippen LogP contribution in [0.5, 0.6) is 0 Å². The summed E-state index contributed by atoms with van der Waals surface area (Å²) in [6.45, 7) is 3.48. The molecule has 0 radical (unpaired) electrons. The van der Waals surface area contributed by atoms with Gasteiger partial charge in [0.1, 0.15) is 12.0 Å². The molecule has 1 aromatic heterocycles. The van der Waals surface area contributed by atoms with Gasteiger partial charge in [0.15, 0.2) is 5.76 Å². The summed E-state index contributed by atoms with van der Waals surface area (Å²) in [6, 6.07) is 15.1. The molecule has 3 aromatic rings. The molecular formula is C19H18N2O4S. The van der Waals surface area contributed by atoms with Gasteiger partial charge in [0.05, 0.1) is 10.9 Å². The monoisotopic (exact) mass is 370 g/mol. The quantitative estimate of drug-likeness (QED) is 0.673.